The monoisotopic (exact) mass is 279 g/mol. The molecule has 3 aromatic rings. The molecule has 0 radical (unpaired) electrons. The number of para-hydroxylation sites is 1. The molecule has 6 heteroatoms. The maximum atomic E-state index is 5.58. The minimum absolute atomic E-state index is 0.597. The van der Waals surface area contributed by atoms with Crippen LogP contribution in [0.3, 0.4) is 0 Å². The Morgan fingerprint density at radius 2 is 2.05 bits per heavy atom. The molecule has 0 atom stereocenters. The zero-order chi connectivity index (χ0) is 14.1. The van der Waals surface area contributed by atoms with Crippen LogP contribution in [0.4, 0.5) is 17.2 Å². The molecule has 6 nitrogen and oxygen atoms in total. The zero-order valence-electron chi connectivity index (χ0n) is 11.2. The van der Waals surface area contributed by atoms with E-state index in [0.717, 1.165) is 23.4 Å². The fourth-order valence-corrected chi connectivity index (χ4v) is 2.29. The summed E-state index contributed by atoms with van der Waals surface area (Å²) in [6.07, 6.45) is 1.53. The summed E-state index contributed by atoms with van der Waals surface area (Å²) >= 11 is 0. The topological polar surface area (TPSA) is 72.0 Å². The van der Waals surface area contributed by atoms with Gasteiger partial charge in [-0.05, 0) is 18.2 Å². The van der Waals surface area contributed by atoms with Gasteiger partial charge in [-0.1, -0.05) is 18.2 Å². The lowest BCUT2D eigenvalue weighted by Gasteiger charge is -2.18. The first-order valence-electron chi connectivity index (χ1n) is 6.75. The summed E-state index contributed by atoms with van der Waals surface area (Å²) in [4.78, 5) is 13.1. The Labute approximate surface area is 121 Å². The predicted octanol–water partition coefficient (Wildman–Crippen LogP) is 2.57. The molecule has 0 amide bonds. The average molecular weight is 279 g/mol. The minimum atomic E-state index is 0.597. The number of anilines is 3. The van der Waals surface area contributed by atoms with Crippen LogP contribution in [0.2, 0.25) is 0 Å². The predicted molar refractivity (Wildman–Crippen MR) is 81.0 cm³/mol. The van der Waals surface area contributed by atoms with Crippen molar-refractivity contribution in [3.8, 4) is 5.88 Å². The molecule has 2 N–H and O–H groups in total. The van der Waals surface area contributed by atoms with Crippen molar-refractivity contribution in [1.82, 2.24) is 15.0 Å². The summed E-state index contributed by atoms with van der Waals surface area (Å²) in [5, 5.41) is 6.52. The number of fused-ring (bicyclic) bond motifs is 2. The first-order chi connectivity index (χ1) is 10.4. The molecule has 0 saturated heterocycles. The third kappa shape index (κ3) is 2.20. The summed E-state index contributed by atoms with van der Waals surface area (Å²) < 4.78 is 5.58. The second kappa shape index (κ2) is 4.90. The first kappa shape index (κ1) is 11.9. The third-order valence-electron chi connectivity index (χ3n) is 3.27. The van der Waals surface area contributed by atoms with E-state index in [9.17, 15) is 0 Å². The van der Waals surface area contributed by atoms with Crippen molar-refractivity contribution in [2.24, 2.45) is 0 Å². The van der Waals surface area contributed by atoms with Crippen molar-refractivity contribution in [3.05, 3.63) is 42.7 Å². The number of nitrogens with one attached hydrogen (secondary N) is 2. The molecule has 0 bridgehead atoms. The van der Waals surface area contributed by atoms with Crippen LogP contribution in [0.5, 0.6) is 5.88 Å². The lowest BCUT2D eigenvalue weighted by Crippen LogP contribution is -2.19. The summed E-state index contributed by atoms with van der Waals surface area (Å²) in [7, 11) is 0. The van der Waals surface area contributed by atoms with Crippen molar-refractivity contribution in [3.63, 3.8) is 0 Å². The second-order valence-electron chi connectivity index (χ2n) is 4.70. The summed E-state index contributed by atoms with van der Waals surface area (Å²) in [6, 6.07) is 11.8. The van der Waals surface area contributed by atoms with Gasteiger partial charge < -0.3 is 15.4 Å². The van der Waals surface area contributed by atoms with Crippen LogP contribution in [-0.2, 0) is 0 Å². The van der Waals surface area contributed by atoms with Crippen LogP contribution in [0.25, 0.3) is 11.0 Å². The van der Waals surface area contributed by atoms with Crippen LogP contribution in [0, 0.1) is 0 Å². The van der Waals surface area contributed by atoms with Crippen LogP contribution in [-0.4, -0.2) is 28.1 Å². The molecule has 1 aliphatic rings. The van der Waals surface area contributed by atoms with Crippen molar-refractivity contribution >= 4 is 28.2 Å². The number of pyridine rings is 1. The molecule has 1 aliphatic heterocycles. The van der Waals surface area contributed by atoms with E-state index in [2.05, 4.69) is 25.6 Å². The Morgan fingerprint density at radius 3 is 2.95 bits per heavy atom. The lowest BCUT2D eigenvalue weighted by molar-refractivity contribution is 0.311. The highest BCUT2D eigenvalue weighted by Crippen LogP contribution is 2.31. The van der Waals surface area contributed by atoms with Gasteiger partial charge in [0.1, 0.15) is 18.5 Å². The number of rotatable bonds is 2. The Hall–Kier alpha value is -2.89. The van der Waals surface area contributed by atoms with Gasteiger partial charge in [-0.3, -0.25) is 0 Å². The van der Waals surface area contributed by atoms with E-state index in [1.807, 2.05) is 36.4 Å². The summed E-state index contributed by atoms with van der Waals surface area (Å²) in [5.41, 5.74) is 3.30. The molecule has 104 valence electrons. The van der Waals surface area contributed by atoms with Gasteiger partial charge >= 0.3 is 0 Å². The van der Waals surface area contributed by atoms with Crippen LogP contribution in [0.15, 0.2) is 42.7 Å². The molecule has 4 rings (SSSR count). The van der Waals surface area contributed by atoms with E-state index in [1.165, 1.54) is 6.33 Å². The Morgan fingerprint density at radius 1 is 1.14 bits per heavy atom. The SMILES string of the molecule is c1ccc(Nc2ncnc3cc4c(nc23)OCCN4)cc1. The maximum absolute atomic E-state index is 5.58. The van der Waals surface area contributed by atoms with E-state index < -0.39 is 0 Å². The fraction of sp³-hybridized carbons (Fsp3) is 0.133. The molecular weight excluding hydrogens is 266 g/mol. The van der Waals surface area contributed by atoms with Crippen molar-refractivity contribution in [2.75, 3.05) is 23.8 Å². The molecule has 1 aromatic carbocycles. The highest BCUT2D eigenvalue weighted by atomic mass is 16.5. The molecule has 0 fully saturated rings. The smallest absolute Gasteiger partial charge is 0.238 e. The first-order valence-corrected chi connectivity index (χ1v) is 6.75. The van der Waals surface area contributed by atoms with Gasteiger partial charge in [0.25, 0.3) is 0 Å². The van der Waals surface area contributed by atoms with Crippen molar-refractivity contribution in [2.45, 2.75) is 0 Å². The van der Waals surface area contributed by atoms with Gasteiger partial charge in [-0.25, -0.2) is 15.0 Å². The molecule has 3 heterocycles. The zero-order valence-corrected chi connectivity index (χ0v) is 11.2. The van der Waals surface area contributed by atoms with Gasteiger partial charge in [0.15, 0.2) is 5.82 Å². The molecule has 0 unspecified atom stereocenters. The number of benzene rings is 1. The second-order valence-corrected chi connectivity index (χ2v) is 4.70. The summed E-state index contributed by atoms with van der Waals surface area (Å²) in [6.45, 7) is 1.39. The standard InChI is InChI=1S/C15H13N5O/c1-2-4-10(5-3-1)19-14-13-11(17-9-18-14)8-12-15(20-13)21-7-6-16-12/h1-5,8-9,16H,6-7H2,(H,17,18,19). The van der Waals surface area contributed by atoms with E-state index >= 15 is 0 Å². The molecule has 0 spiro atoms. The van der Waals surface area contributed by atoms with Gasteiger partial charge in [-0.15, -0.1) is 0 Å². The number of ether oxygens (including phenoxy) is 1. The highest BCUT2D eigenvalue weighted by molar-refractivity contribution is 5.90. The number of aromatic nitrogens is 3. The van der Waals surface area contributed by atoms with Crippen molar-refractivity contribution < 1.29 is 4.74 Å². The molecule has 0 saturated carbocycles. The Balaban J connectivity index is 1.82. The third-order valence-corrected chi connectivity index (χ3v) is 3.27. The average Bonchev–Trinajstić information content (AvgIpc) is 2.54. The Bertz CT molecular complexity index is 791. The molecule has 21 heavy (non-hydrogen) atoms. The van der Waals surface area contributed by atoms with Gasteiger partial charge in [0.2, 0.25) is 5.88 Å². The van der Waals surface area contributed by atoms with Gasteiger partial charge in [0.05, 0.1) is 11.2 Å². The molecule has 2 aromatic heterocycles. The van der Waals surface area contributed by atoms with Crippen LogP contribution >= 0.6 is 0 Å². The molecule has 0 aliphatic carbocycles. The van der Waals surface area contributed by atoms with E-state index in [0.29, 0.717) is 23.8 Å². The lowest BCUT2D eigenvalue weighted by atomic mass is 10.2. The summed E-state index contributed by atoms with van der Waals surface area (Å²) in [5.74, 6) is 1.27. The fourth-order valence-electron chi connectivity index (χ4n) is 2.29. The van der Waals surface area contributed by atoms with E-state index in [4.69, 9.17) is 4.74 Å². The normalized spacial score (nSPS) is 13.1. The highest BCUT2D eigenvalue weighted by Gasteiger charge is 2.15. The Kier molecular flexibility index (Phi) is 2.77. The quantitative estimate of drug-likeness (QED) is 0.751. The minimum Gasteiger partial charge on any atom is -0.474 e. The van der Waals surface area contributed by atoms with E-state index in [-0.39, 0.29) is 0 Å². The van der Waals surface area contributed by atoms with E-state index in [1.54, 1.807) is 0 Å². The van der Waals surface area contributed by atoms with Crippen molar-refractivity contribution in [1.29, 1.82) is 0 Å². The van der Waals surface area contributed by atoms with Crippen LogP contribution < -0.4 is 15.4 Å². The van der Waals surface area contributed by atoms with Gasteiger partial charge in [0, 0.05) is 12.2 Å². The number of hydrogen-bond donors (Lipinski definition) is 2. The van der Waals surface area contributed by atoms with Crippen LogP contribution in [0.1, 0.15) is 0 Å². The largest absolute Gasteiger partial charge is 0.474 e. The van der Waals surface area contributed by atoms with Gasteiger partial charge in [-0.2, -0.15) is 0 Å². The number of hydrogen-bond acceptors (Lipinski definition) is 6. The maximum Gasteiger partial charge on any atom is 0.238 e. The number of nitrogens with zero attached hydrogens (tertiary/aromatic N) is 3. The molecular formula is C15H13N5O.